The van der Waals surface area contributed by atoms with Crippen molar-refractivity contribution in [3.05, 3.63) is 24.8 Å². The number of nitrogens with zero attached hydrogens (tertiary/aromatic N) is 4. The van der Waals surface area contributed by atoms with Gasteiger partial charge in [-0.25, -0.2) is 0 Å². The first kappa shape index (κ1) is 16.5. The van der Waals surface area contributed by atoms with Crippen LogP contribution in [0.4, 0.5) is 0 Å². The third kappa shape index (κ3) is 3.66. The van der Waals surface area contributed by atoms with Gasteiger partial charge in [0.05, 0.1) is 20.4 Å². The first-order valence-electron chi connectivity index (χ1n) is 6.58. The first-order valence-corrected chi connectivity index (χ1v) is 8.41. The molecule has 0 aromatic heterocycles. The summed E-state index contributed by atoms with van der Waals surface area (Å²) in [4.78, 5) is 20.2. The van der Waals surface area contributed by atoms with Gasteiger partial charge in [-0.1, -0.05) is 31.9 Å². The van der Waals surface area contributed by atoms with Gasteiger partial charge in [0.25, 0.3) is 0 Å². The molecule has 2 unspecified atom stereocenters. The van der Waals surface area contributed by atoms with Crippen molar-refractivity contribution in [2.45, 2.75) is 9.90 Å². The minimum Gasteiger partial charge on any atom is -0.469 e. The normalized spacial score (nSPS) is 22.0. The van der Waals surface area contributed by atoms with E-state index < -0.39 is 0 Å². The molecule has 2 aliphatic rings. The zero-order chi connectivity index (χ0) is 15.6. The average Bonchev–Trinajstić information content (AvgIpc) is 3.07. The molecule has 0 fully saturated rings. The fourth-order valence-electron chi connectivity index (χ4n) is 2.33. The van der Waals surface area contributed by atoms with E-state index in [4.69, 9.17) is 4.74 Å². The molecule has 0 aromatic carbocycles. The molecule has 21 heavy (non-hydrogen) atoms. The Balaban J connectivity index is 2.12. The van der Waals surface area contributed by atoms with E-state index in [9.17, 15) is 4.79 Å². The van der Waals surface area contributed by atoms with Gasteiger partial charge in [-0.2, -0.15) is 0 Å². The summed E-state index contributed by atoms with van der Waals surface area (Å²) in [5, 5.41) is 0. The van der Waals surface area contributed by atoms with Gasteiger partial charge >= 0.3 is 5.97 Å². The predicted octanol–water partition coefficient (Wildman–Crippen LogP) is 1.57. The molecule has 2 atom stereocenters. The van der Waals surface area contributed by atoms with E-state index >= 15 is 0 Å². The Morgan fingerprint density at radius 2 is 1.43 bits per heavy atom. The smallest absolute Gasteiger partial charge is 0.314 e. The molecule has 0 saturated heterocycles. The molecule has 118 valence electrons. The van der Waals surface area contributed by atoms with Gasteiger partial charge < -0.3 is 24.3 Å². The van der Waals surface area contributed by atoms with Crippen LogP contribution in [0.15, 0.2) is 24.8 Å². The molecule has 0 bridgehead atoms. The highest BCUT2D eigenvalue weighted by atomic mass is 79.9. The molecule has 2 rings (SSSR count). The molecule has 6 nitrogen and oxygen atoms in total. The number of halogens is 2. The maximum atomic E-state index is 12.3. The predicted molar refractivity (Wildman–Crippen MR) is 88.2 cm³/mol. The van der Waals surface area contributed by atoms with Crippen molar-refractivity contribution in [1.29, 1.82) is 0 Å². The molecule has 0 spiro atoms. The van der Waals surface area contributed by atoms with Gasteiger partial charge in [0.15, 0.2) is 0 Å². The van der Waals surface area contributed by atoms with E-state index in [2.05, 4.69) is 51.5 Å². The Hall–Kier alpha value is -0.890. The van der Waals surface area contributed by atoms with E-state index in [0.717, 1.165) is 13.3 Å². The zero-order valence-electron chi connectivity index (χ0n) is 12.3. The van der Waals surface area contributed by atoms with Crippen molar-refractivity contribution in [1.82, 2.24) is 19.6 Å². The van der Waals surface area contributed by atoms with Crippen molar-refractivity contribution in [3.8, 4) is 0 Å². The van der Waals surface area contributed by atoms with Crippen molar-refractivity contribution in [2.24, 2.45) is 5.92 Å². The van der Waals surface area contributed by atoms with Gasteiger partial charge in [-0.15, -0.1) is 0 Å². The Labute approximate surface area is 142 Å². The Bertz CT molecular complexity index is 414. The highest BCUT2D eigenvalue weighted by Gasteiger charge is 2.40. The molecule has 0 saturated carbocycles. The zero-order valence-corrected chi connectivity index (χ0v) is 15.5. The third-order valence-electron chi connectivity index (χ3n) is 3.50. The number of esters is 1. The lowest BCUT2D eigenvalue weighted by molar-refractivity contribution is -0.147. The maximum absolute atomic E-state index is 12.3. The summed E-state index contributed by atoms with van der Waals surface area (Å²) in [6.45, 7) is 1.47. The number of carbonyl (C=O) groups is 1. The van der Waals surface area contributed by atoms with Crippen LogP contribution in [0.2, 0.25) is 0 Å². The maximum Gasteiger partial charge on any atom is 0.314 e. The van der Waals surface area contributed by atoms with Crippen LogP contribution in [-0.2, 0) is 9.53 Å². The standard InChI is InChI=1S/C13H20Br2N4O2/c1-16-4-6-18(8-16)11(14)10(13(20)21-3)12(15)19-7-5-17(2)9-19/h4-7,10-12H,8-9H2,1-3H3. The minimum absolute atomic E-state index is 0.158. The molecule has 2 aliphatic heterocycles. The van der Waals surface area contributed by atoms with Crippen LogP contribution in [0.5, 0.6) is 0 Å². The lowest BCUT2D eigenvalue weighted by Gasteiger charge is -2.35. The van der Waals surface area contributed by atoms with E-state index in [1.165, 1.54) is 7.11 Å². The van der Waals surface area contributed by atoms with Crippen LogP contribution in [0, 0.1) is 5.92 Å². The number of ether oxygens (including phenoxy) is 1. The highest BCUT2D eigenvalue weighted by Crippen LogP contribution is 2.31. The number of carbonyl (C=O) groups excluding carboxylic acids is 1. The molecule has 0 aromatic rings. The lowest BCUT2D eigenvalue weighted by Crippen LogP contribution is -2.47. The number of alkyl halides is 2. The second-order valence-corrected chi connectivity index (χ2v) is 7.09. The van der Waals surface area contributed by atoms with Gasteiger partial charge in [0.2, 0.25) is 0 Å². The Kier molecular flexibility index (Phi) is 5.43. The molecule has 0 N–H and O–H groups in total. The van der Waals surface area contributed by atoms with Gasteiger partial charge in [0, 0.05) is 38.9 Å². The first-order chi connectivity index (χ1) is 9.93. The average molecular weight is 424 g/mol. The molecule has 8 heteroatoms. The van der Waals surface area contributed by atoms with Crippen molar-refractivity contribution < 1.29 is 9.53 Å². The van der Waals surface area contributed by atoms with Crippen molar-refractivity contribution >= 4 is 37.8 Å². The van der Waals surface area contributed by atoms with Crippen LogP contribution in [-0.4, -0.2) is 70.0 Å². The molecular weight excluding hydrogens is 404 g/mol. The molecule has 0 radical (unpaired) electrons. The van der Waals surface area contributed by atoms with E-state index in [1.54, 1.807) is 0 Å². The third-order valence-corrected chi connectivity index (χ3v) is 5.69. The van der Waals surface area contributed by atoms with Crippen LogP contribution in [0.1, 0.15) is 0 Å². The monoisotopic (exact) mass is 422 g/mol. The van der Waals surface area contributed by atoms with Gasteiger partial charge in [-0.05, 0) is 0 Å². The Morgan fingerprint density at radius 3 is 1.71 bits per heavy atom. The second kappa shape index (κ2) is 6.91. The van der Waals surface area contributed by atoms with Crippen LogP contribution >= 0.6 is 31.9 Å². The van der Waals surface area contributed by atoms with Crippen LogP contribution < -0.4 is 0 Å². The fraction of sp³-hybridized carbons (Fsp3) is 0.615. The topological polar surface area (TPSA) is 39.3 Å². The lowest BCUT2D eigenvalue weighted by atomic mass is 10.1. The summed E-state index contributed by atoms with van der Waals surface area (Å²) in [5.74, 6) is -0.619. The SMILES string of the molecule is COC(=O)C(C(Br)N1C=CN(C)C1)C(Br)N1C=CN(C)C1. The minimum atomic E-state index is -0.373. The molecule has 0 aliphatic carbocycles. The summed E-state index contributed by atoms with van der Waals surface area (Å²) < 4.78 is 5.00. The fourth-order valence-corrected chi connectivity index (χ4v) is 4.28. The van der Waals surface area contributed by atoms with E-state index in [1.807, 2.05) is 38.9 Å². The Morgan fingerprint density at radius 1 is 1.00 bits per heavy atom. The quantitative estimate of drug-likeness (QED) is 0.379. The summed E-state index contributed by atoms with van der Waals surface area (Å²) in [6, 6.07) is 0. The van der Waals surface area contributed by atoms with Crippen molar-refractivity contribution in [2.75, 3.05) is 34.5 Å². The van der Waals surface area contributed by atoms with Crippen LogP contribution in [0.3, 0.4) is 0 Å². The summed E-state index contributed by atoms with van der Waals surface area (Å²) in [6.07, 6.45) is 7.91. The number of methoxy groups -OCH3 is 1. The summed E-state index contributed by atoms with van der Waals surface area (Å²) >= 11 is 7.31. The van der Waals surface area contributed by atoms with Gasteiger partial charge in [0.1, 0.15) is 15.8 Å². The molecule has 2 heterocycles. The van der Waals surface area contributed by atoms with E-state index in [-0.39, 0.29) is 21.8 Å². The highest BCUT2D eigenvalue weighted by molar-refractivity contribution is 9.10. The van der Waals surface area contributed by atoms with Gasteiger partial charge in [-0.3, -0.25) is 4.79 Å². The van der Waals surface area contributed by atoms with E-state index in [0.29, 0.717) is 0 Å². The molecule has 0 amide bonds. The van der Waals surface area contributed by atoms with Crippen molar-refractivity contribution in [3.63, 3.8) is 0 Å². The number of rotatable bonds is 5. The summed E-state index contributed by atoms with van der Waals surface area (Å²) in [7, 11) is 5.41. The second-order valence-electron chi connectivity index (χ2n) is 5.22. The van der Waals surface area contributed by atoms with Crippen LogP contribution in [0.25, 0.3) is 0 Å². The number of hydrogen-bond donors (Lipinski definition) is 0. The molecular formula is C13H20Br2N4O2. The number of hydrogen-bond acceptors (Lipinski definition) is 6. The summed E-state index contributed by atoms with van der Waals surface area (Å²) in [5.41, 5.74) is 0. The largest absolute Gasteiger partial charge is 0.469 e.